The number of aromatic nitrogens is 3. The second-order valence-corrected chi connectivity index (χ2v) is 5.89. The molecule has 0 saturated carbocycles. The van der Waals surface area contributed by atoms with Gasteiger partial charge in [0.1, 0.15) is 9.76 Å². The highest BCUT2D eigenvalue weighted by Gasteiger charge is 2.13. The molecule has 0 aliphatic heterocycles. The summed E-state index contributed by atoms with van der Waals surface area (Å²) in [5.41, 5.74) is 4.01. The van der Waals surface area contributed by atoms with Crippen LogP contribution in [0.2, 0.25) is 5.15 Å². The molecule has 0 amide bonds. The van der Waals surface area contributed by atoms with Crippen LogP contribution in [0.4, 0.5) is 0 Å². The van der Waals surface area contributed by atoms with Crippen molar-refractivity contribution < 1.29 is 0 Å². The summed E-state index contributed by atoms with van der Waals surface area (Å²) in [6.07, 6.45) is 1.84. The zero-order chi connectivity index (χ0) is 14.4. The predicted octanol–water partition coefficient (Wildman–Crippen LogP) is 4.99. The molecule has 1 aromatic carbocycles. The Labute approximate surface area is 134 Å². The Balaban J connectivity index is 2.17. The Kier molecular flexibility index (Phi) is 2.94. The summed E-state index contributed by atoms with van der Waals surface area (Å²) in [5, 5.41) is 1.58. The lowest BCUT2D eigenvalue weighted by molar-refractivity contribution is 1.13. The molecule has 102 valence electrons. The number of hydrogen-bond acceptors (Lipinski definition) is 2. The molecule has 21 heavy (non-hydrogen) atoms. The minimum Gasteiger partial charge on any atom is -0.306 e. The fourth-order valence-corrected chi connectivity index (χ4v) is 2.97. The Hall–Kier alpha value is -1.91. The van der Waals surface area contributed by atoms with Crippen LogP contribution in [0.3, 0.4) is 0 Å². The summed E-state index contributed by atoms with van der Waals surface area (Å²) < 4.78 is 2.96. The number of para-hydroxylation sites is 1. The molecule has 0 spiro atoms. The molecule has 0 unspecified atom stereocenters. The van der Waals surface area contributed by atoms with Gasteiger partial charge in [-0.2, -0.15) is 0 Å². The van der Waals surface area contributed by atoms with E-state index in [1.165, 1.54) is 0 Å². The van der Waals surface area contributed by atoms with E-state index in [-0.39, 0.29) is 0 Å². The van der Waals surface area contributed by atoms with E-state index >= 15 is 0 Å². The molecule has 5 heteroatoms. The smallest absolute Gasteiger partial charge is 0.129 e. The highest BCUT2D eigenvalue weighted by molar-refractivity contribution is 9.10. The highest BCUT2D eigenvalue weighted by Crippen LogP contribution is 2.31. The van der Waals surface area contributed by atoms with Gasteiger partial charge < -0.3 is 4.57 Å². The number of fused-ring (bicyclic) bond motifs is 3. The van der Waals surface area contributed by atoms with Crippen molar-refractivity contribution in [1.29, 1.82) is 0 Å². The van der Waals surface area contributed by atoms with E-state index in [0.717, 1.165) is 32.2 Å². The first-order valence-corrected chi connectivity index (χ1v) is 7.59. The maximum Gasteiger partial charge on any atom is 0.129 e. The summed E-state index contributed by atoms with van der Waals surface area (Å²) in [6, 6.07) is 15.9. The fraction of sp³-hybridized carbons (Fsp3) is 0. The Morgan fingerprint density at radius 2 is 1.81 bits per heavy atom. The van der Waals surface area contributed by atoms with Crippen molar-refractivity contribution in [2.24, 2.45) is 0 Å². The summed E-state index contributed by atoms with van der Waals surface area (Å²) >= 11 is 9.42. The summed E-state index contributed by atoms with van der Waals surface area (Å²) in [7, 11) is 0. The van der Waals surface area contributed by atoms with Crippen LogP contribution < -0.4 is 0 Å². The zero-order valence-electron chi connectivity index (χ0n) is 10.8. The number of nitrogens with zero attached hydrogens (tertiary/aromatic N) is 3. The average molecular weight is 359 g/mol. The van der Waals surface area contributed by atoms with E-state index in [9.17, 15) is 0 Å². The van der Waals surface area contributed by atoms with Crippen LogP contribution in [0.25, 0.3) is 27.6 Å². The number of halogens is 2. The van der Waals surface area contributed by atoms with Gasteiger partial charge in [0.2, 0.25) is 0 Å². The van der Waals surface area contributed by atoms with Crippen molar-refractivity contribution in [2.75, 3.05) is 0 Å². The van der Waals surface area contributed by atoms with Gasteiger partial charge in [-0.05, 0) is 46.3 Å². The van der Waals surface area contributed by atoms with Crippen molar-refractivity contribution in [3.63, 3.8) is 0 Å². The molecular weight excluding hydrogens is 350 g/mol. The summed E-state index contributed by atoms with van der Waals surface area (Å²) in [6.45, 7) is 0. The van der Waals surface area contributed by atoms with Crippen LogP contribution in [-0.4, -0.2) is 14.5 Å². The van der Waals surface area contributed by atoms with Gasteiger partial charge in [-0.3, -0.25) is 0 Å². The number of benzene rings is 1. The molecule has 3 nitrogen and oxygen atoms in total. The van der Waals surface area contributed by atoms with Crippen LogP contribution in [0.5, 0.6) is 0 Å². The standard InChI is InChI=1S/C16H9BrClN3/c17-14-7-5-10(9-19-14)21-12-4-2-1-3-11(12)16-13(21)6-8-15(18)20-16/h1-9H. The normalized spacial score (nSPS) is 11.3. The molecular formula is C16H9BrClN3. The molecule has 0 radical (unpaired) electrons. The minimum absolute atomic E-state index is 0.499. The van der Waals surface area contributed by atoms with Crippen LogP contribution in [0.1, 0.15) is 0 Å². The quantitative estimate of drug-likeness (QED) is 0.449. The van der Waals surface area contributed by atoms with E-state index in [4.69, 9.17) is 11.6 Å². The van der Waals surface area contributed by atoms with Gasteiger partial charge in [0.25, 0.3) is 0 Å². The Morgan fingerprint density at radius 3 is 2.62 bits per heavy atom. The third-order valence-corrected chi connectivity index (χ3v) is 4.13. The zero-order valence-corrected chi connectivity index (χ0v) is 13.1. The number of hydrogen-bond donors (Lipinski definition) is 0. The van der Waals surface area contributed by atoms with Gasteiger partial charge in [-0.1, -0.05) is 29.8 Å². The lowest BCUT2D eigenvalue weighted by atomic mass is 10.2. The van der Waals surface area contributed by atoms with Crippen LogP contribution in [-0.2, 0) is 0 Å². The van der Waals surface area contributed by atoms with Gasteiger partial charge in [-0.25, -0.2) is 9.97 Å². The molecule has 0 fully saturated rings. The molecule has 0 bridgehead atoms. The minimum atomic E-state index is 0.499. The summed E-state index contributed by atoms with van der Waals surface area (Å²) in [5.74, 6) is 0. The van der Waals surface area contributed by atoms with E-state index in [2.05, 4.69) is 42.6 Å². The van der Waals surface area contributed by atoms with Gasteiger partial charge in [-0.15, -0.1) is 0 Å². The maximum atomic E-state index is 6.06. The first-order valence-electron chi connectivity index (χ1n) is 6.42. The first-order chi connectivity index (χ1) is 10.2. The summed E-state index contributed by atoms with van der Waals surface area (Å²) in [4.78, 5) is 8.80. The third-order valence-electron chi connectivity index (χ3n) is 3.45. The number of rotatable bonds is 1. The largest absolute Gasteiger partial charge is 0.306 e. The Bertz CT molecular complexity index is 961. The van der Waals surface area contributed by atoms with E-state index in [1.807, 2.05) is 42.6 Å². The van der Waals surface area contributed by atoms with Gasteiger partial charge in [0, 0.05) is 5.39 Å². The van der Waals surface area contributed by atoms with E-state index in [0.29, 0.717) is 5.15 Å². The van der Waals surface area contributed by atoms with E-state index in [1.54, 1.807) is 0 Å². The molecule has 0 aliphatic rings. The SMILES string of the molecule is Clc1ccc2c(n1)c1ccccc1n2-c1ccc(Br)nc1. The van der Waals surface area contributed by atoms with Crippen molar-refractivity contribution >= 4 is 49.5 Å². The molecule has 3 aromatic heterocycles. The monoisotopic (exact) mass is 357 g/mol. The predicted molar refractivity (Wildman–Crippen MR) is 89.1 cm³/mol. The van der Waals surface area contributed by atoms with Crippen LogP contribution in [0.15, 0.2) is 59.3 Å². The van der Waals surface area contributed by atoms with Gasteiger partial charge in [0.15, 0.2) is 0 Å². The molecule has 0 saturated heterocycles. The molecule has 0 aliphatic carbocycles. The van der Waals surface area contributed by atoms with Crippen molar-refractivity contribution in [1.82, 2.24) is 14.5 Å². The maximum absolute atomic E-state index is 6.06. The molecule has 4 aromatic rings. The Morgan fingerprint density at radius 1 is 0.952 bits per heavy atom. The van der Waals surface area contributed by atoms with Gasteiger partial charge >= 0.3 is 0 Å². The van der Waals surface area contributed by atoms with Crippen LogP contribution in [0, 0.1) is 0 Å². The second kappa shape index (κ2) is 4.83. The third kappa shape index (κ3) is 2.03. The van der Waals surface area contributed by atoms with Crippen molar-refractivity contribution in [2.45, 2.75) is 0 Å². The first kappa shape index (κ1) is 12.8. The van der Waals surface area contributed by atoms with Crippen LogP contribution >= 0.6 is 27.5 Å². The lowest BCUT2D eigenvalue weighted by Gasteiger charge is -2.06. The molecule has 3 heterocycles. The molecule has 0 N–H and O–H groups in total. The fourth-order valence-electron chi connectivity index (χ4n) is 2.58. The van der Waals surface area contributed by atoms with Crippen molar-refractivity contribution in [3.05, 3.63) is 64.5 Å². The molecule has 0 atom stereocenters. The average Bonchev–Trinajstić information content (AvgIpc) is 2.82. The number of pyridine rings is 2. The highest BCUT2D eigenvalue weighted by atomic mass is 79.9. The van der Waals surface area contributed by atoms with E-state index < -0.39 is 0 Å². The lowest BCUT2D eigenvalue weighted by Crippen LogP contribution is -1.94. The van der Waals surface area contributed by atoms with Crippen molar-refractivity contribution in [3.8, 4) is 5.69 Å². The van der Waals surface area contributed by atoms with Gasteiger partial charge in [0.05, 0.1) is 28.4 Å². The molecule has 4 rings (SSSR count). The second-order valence-electron chi connectivity index (χ2n) is 4.69. The topological polar surface area (TPSA) is 30.7 Å².